The zero-order valence-electron chi connectivity index (χ0n) is 16.4. The topological polar surface area (TPSA) is 106 Å². The minimum atomic E-state index is -0.734. The molecule has 0 radical (unpaired) electrons. The lowest BCUT2D eigenvalue weighted by atomic mass is 10.2. The number of anilines is 1. The van der Waals surface area contributed by atoms with Crippen molar-refractivity contribution < 1.29 is 14.5 Å². The molecule has 0 atom stereocenters. The largest absolute Gasteiger partial charge is 0.443 e. The Bertz CT molecular complexity index is 727. The molecule has 2 rings (SSSR count). The van der Waals surface area contributed by atoms with Gasteiger partial charge in [0.2, 0.25) is 0 Å². The third-order valence-electron chi connectivity index (χ3n) is 2.64. The van der Waals surface area contributed by atoms with Crippen LogP contribution in [0.25, 0.3) is 10.9 Å². The molecule has 1 heterocycles. The summed E-state index contributed by atoms with van der Waals surface area (Å²) in [6, 6.07) is 6.89. The van der Waals surface area contributed by atoms with Crippen molar-refractivity contribution in [3.63, 3.8) is 0 Å². The van der Waals surface area contributed by atoms with Gasteiger partial charge in [0.25, 0.3) is 0 Å². The van der Waals surface area contributed by atoms with Crippen LogP contribution in [0.1, 0.15) is 48.5 Å². The molecule has 1 aromatic heterocycles. The van der Waals surface area contributed by atoms with Crippen molar-refractivity contribution in [1.29, 1.82) is 0 Å². The number of aromatic nitrogens is 1. The summed E-state index contributed by atoms with van der Waals surface area (Å²) in [6.45, 7) is 13.2. The Morgan fingerprint density at radius 2 is 1.73 bits per heavy atom. The lowest BCUT2D eigenvalue weighted by Gasteiger charge is -2.20. The van der Waals surface area contributed by atoms with Crippen LogP contribution in [0.2, 0.25) is 0 Å². The minimum absolute atomic E-state index is 0.154. The number of para-hydroxylation sites is 1. The Hall–Kier alpha value is -2.90. The van der Waals surface area contributed by atoms with Gasteiger partial charge < -0.3 is 4.74 Å². The SMILES string of the molecule is CC.CC.CC(C)(C)OC(=O)NNc1c([N+](=O)[O-])cnc2ccccc12. The number of nitro groups is 1. The maximum absolute atomic E-state index is 11.7. The van der Waals surface area contributed by atoms with E-state index in [4.69, 9.17) is 4.74 Å². The van der Waals surface area contributed by atoms with E-state index in [0.29, 0.717) is 10.9 Å². The molecule has 26 heavy (non-hydrogen) atoms. The molecule has 0 aliphatic carbocycles. The molecule has 0 bridgehead atoms. The Kier molecular flexibility index (Phi) is 9.65. The van der Waals surface area contributed by atoms with Gasteiger partial charge in [0.05, 0.1) is 10.4 Å². The zero-order chi connectivity index (χ0) is 20.3. The molecule has 0 unspecified atom stereocenters. The Morgan fingerprint density at radius 3 is 2.27 bits per heavy atom. The molecule has 0 aliphatic heterocycles. The van der Waals surface area contributed by atoms with Gasteiger partial charge in [0, 0.05) is 5.39 Å². The number of rotatable bonds is 3. The summed E-state index contributed by atoms with van der Waals surface area (Å²) in [5, 5.41) is 11.6. The van der Waals surface area contributed by atoms with Gasteiger partial charge in [0.1, 0.15) is 17.5 Å². The molecule has 0 saturated heterocycles. The lowest BCUT2D eigenvalue weighted by molar-refractivity contribution is -0.384. The minimum Gasteiger partial charge on any atom is -0.443 e. The van der Waals surface area contributed by atoms with Crippen LogP contribution >= 0.6 is 0 Å². The number of ether oxygens (including phenoxy) is 1. The van der Waals surface area contributed by atoms with Gasteiger partial charge in [-0.3, -0.25) is 15.5 Å². The van der Waals surface area contributed by atoms with Crippen molar-refractivity contribution in [2.75, 3.05) is 5.43 Å². The molecule has 8 heteroatoms. The van der Waals surface area contributed by atoms with E-state index in [1.165, 1.54) is 0 Å². The molecule has 144 valence electrons. The molecule has 1 amide bonds. The van der Waals surface area contributed by atoms with Gasteiger partial charge in [-0.1, -0.05) is 45.9 Å². The van der Waals surface area contributed by atoms with Crippen molar-refractivity contribution in [2.24, 2.45) is 0 Å². The molecular weight excluding hydrogens is 336 g/mol. The molecule has 0 spiro atoms. The number of benzene rings is 1. The Balaban J connectivity index is 0.00000146. The molecular formula is C18H28N4O4. The lowest BCUT2D eigenvalue weighted by Crippen LogP contribution is -2.36. The number of carbonyl (C=O) groups is 1. The number of hydrazine groups is 1. The Morgan fingerprint density at radius 1 is 1.15 bits per heavy atom. The summed E-state index contributed by atoms with van der Waals surface area (Å²) in [6.07, 6.45) is 0.407. The van der Waals surface area contributed by atoms with Gasteiger partial charge >= 0.3 is 11.8 Å². The highest BCUT2D eigenvalue weighted by Gasteiger charge is 2.20. The van der Waals surface area contributed by atoms with Crippen molar-refractivity contribution in [1.82, 2.24) is 10.4 Å². The van der Waals surface area contributed by atoms with Crippen LogP contribution in [0.3, 0.4) is 0 Å². The van der Waals surface area contributed by atoms with Crippen LogP contribution in [0.4, 0.5) is 16.2 Å². The highest BCUT2D eigenvalue weighted by atomic mass is 16.6. The number of pyridine rings is 1. The second kappa shape index (κ2) is 10.9. The fourth-order valence-electron chi connectivity index (χ4n) is 1.82. The number of carbonyl (C=O) groups excluding carboxylic acids is 1. The fourth-order valence-corrected chi connectivity index (χ4v) is 1.82. The van der Waals surface area contributed by atoms with Crippen LogP contribution in [-0.2, 0) is 4.74 Å². The third-order valence-corrected chi connectivity index (χ3v) is 2.64. The van der Waals surface area contributed by atoms with Gasteiger partial charge in [-0.2, -0.15) is 0 Å². The summed E-state index contributed by atoms with van der Waals surface area (Å²) in [5.74, 6) is 0. The molecule has 2 aromatic rings. The van der Waals surface area contributed by atoms with E-state index in [1.54, 1.807) is 45.0 Å². The van der Waals surface area contributed by atoms with Crippen LogP contribution in [0, 0.1) is 10.1 Å². The summed E-state index contributed by atoms with van der Waals surface area (Å²) in [7, 11) is 0. The first-order chi connectivity index (χ1) is 12.3. The normalized spacial score (nSPS) is 9.81. The van der Waals surface area contributed by atoms with Gasteiger partial charge in [-0.05, 0) is 26.8 Å². The number of fused-ring (bicyclic) bond motifs is 1. The molecule has 0 fully saturated rings. The zero-order valence-corrected chi connectivity index (χ0v) is 16.4. The van der Waals surface area contributed by atoms with Crippen LogP contribution in [0.15, 0.2) is 30.5 Å². The highest BCUT2D eigenvalue weighted by molar-refractivity contribution is 5.96. The first kappa shape index (κ1) is 23.1. The molecule has 2 N–H and O–H groups in total. The second-order valence-corrected chi connectivity index (χ2v) is 5.54. The van der Waals surface area contributed by atoms with Crippen molar-refractivity contribution in [3.05, 3.63) is 40.6 Å². The quantitative estimate of drug-likeness (QED) is 0.583. The van der Waals surface area contributed by atoms with E-state index in [1.807, 2.05) is 27.7 Å². The maximum Gasteiger partial charge on any atom is 0.426 e. The number of nitrogens with zero attached hydrogens (tertiary/aromatic N) is 2. The van der Waals surface area contributed by atoms with Gasteiger partial charge in [-0.15, -0.1) is 0 Å². The molecule has 8 nitrogen and oxygen atoms in total. The van der Waals surface area contributed by atoms with E-state index >= 15 is 0 Å². The van der Waals surface area contributed by atoms with Crippen molar-refractivity contribution >= 4 is 28.4 Å². The molecule has 1 aromatic carbocycles. The number of amides is 1. The van der Waals surface area contributed by atoms with E-state index < -0.39 is 16.6 Å². The van der Waals surface area contributed by atoms with Gasteiger partial charge in [-0.25, -0.2) is 15.2 Å². The number of nitrogens with one attached hydrogen (secondary N) is 2. The maximum atomic E-state index is 11.7. The average Bonchev–Trinajstić information content (AvgIpc) is 2.61. The molecule has 0 saturated carbocycles. The first-order valence-electron chi connectivity index (χ1n) is 8.55. The van der Waals surface area contributed by atoms with E-state index in [9.17, 15) is 14.9 Å². The summed E-state index contributed by atoms with van der Waals surface area (Å²) >= 11 is 0. The van der Waals surface area contributed by atoms with Gasteiger partial charge in [0.15, 0.2) is 0 Å². The second-order valence-electron chi connectivity index (χ2n) is 5.54. The third kappa shape index (κ3) is 6.92. The molecule has 0 aliphatic rings. The first-order valence-corrected chi connectivity index (χ1v) is 8.55. The van der Waals surface area contributed by atoms with Crippen LogP contribution in [-0.4, -0.2) is 21.6 Å². The predicted octanol–water partition coefficient (Wildman–Crippen LogP) is 5.05. The highest BCUT2D eigenvalue weighted by Crippen LogP contribution is 2.30. The van der Waals surface area contributed by atoms with E-state index in [-0.39, 0.29) is 11.4 Å². The smallest absolute Gasteiger partial charge is 0.426 e. The summed E-state index contributed by atoms with van der Waals surface area (Å²) in [5.41, 5.74) is 4.67. The summed E-state index contributed by atoms with van der Waals surface area (Å²) < 4.78 is 5.07. The number of hydrogen-bond donors (Lipinski definition) is 2. The van der Waals surface area contributed by atoms with E-state index in [0.717, 1.165) is 6.20 Å². The fraction of sp³-hybridized carbons (Fsp3) is 0.444. The van der Waals surface area contributed by atoms with Crippen molar-refractivity contribution in [3.8, 4) is 0 Å². The van der Waals surface area contributed by atoms with Crippen LogP contribution in [0.5, 0.6) is 0 Å². The Labute approximate surface area is 154 Å². The van der Waals surface area contributed by atoms with E-state index in [2.05, 4.69) is 15.8 Å². The monoisotopic (exact) mass is 364 g/mol. The van der Waals surface area contributed by atoms with Crippen LogP contribution < -0.4 is 10.9 Å². The standard InChI is InChI=1S/C14H16N4O4.2C2H6/c1-14(2,3)22-13(19)17-16-12-9-6-4-5-7-10(9)15-8-11(12)18(20)21;2*1-2/h4-8H,1-3H3,(H,15,16)(H,17,19);2*1-2H3. The predicted molar refractivity (Wildman–Crippen MR) is 104 cm³/mol. The summed E-state index contributed by atoms with van der Waals surface area (Å²) in [4.78, 5) is 26.2. The van der Waals surface area contributed by atoms with Crippen molar-refractivity contribution in [2.45, 2.75) is 54.1 Å². The number of hydrogen-bond acceptors (Lipinski definition) is 6. The average molecular weight is 364 g/mol.